The number of carboxylic acid groups (broad SMARTS) is 1. The molecule has 44 heavy (non-hydrogen) atoms. The normalized spacial score (nSPS) is 12.3. The average molecular weight is 601 g/mol. The minimum atomic E-state index is -4.57. The van der Waals surface area contributed by atoms with Crippen LogP contribution in [-0.4, -0.2) is 28.9 Å². The second-order valence-corrected chi connectivity index (χ2v) is 10.2. The van der Waals surface area contributed by atoms with Crippen LogP contribution in [0.25, 0.3) is 17.2 Å². The van der Waals surface area contributed by atoms with Crippen LogP contribution in [0.4, 0.5) is 13.2 Å². The molecule has 0 saturated carbocycles. The van der Waals surface area contributed by atoms with Gasteiger partial charge in [0, 0.05) is 5.56 Å². The lowest BCUT2D eigenvalue weighted by atomic mass is 10.0. The number of rotatable bonds is 12. The number of aliphatic carboxylic acids is 1. The highest BCUT2D eigenvalue weighted by Crippen LogP contribution is 2.29. The number of alkyl halides is 3. The SMILES string of the molecule is O=C(N[C@@H](CCCCc1ccccc1)C(=O)O)/C(=C\c1ccc(-c2ccccc2)cc1)NC(=O)c1ccc(C(F)(F)F)cc1. The molecule has 0 saturated heterocycles. The number of halogens is 3. The van der Waals surface area contributed by atoms with Gasteiger partial charge in [0.15, 0.2) is 0 Å². The number of hydrogen-bond acceptors (Lipinski definition) is 3. The van der Waals surface area contributed by atoms with E-state index in [1.54, 1.807) is 12.1 Å². The highest BCUT2D eigenvalue weighted by Gasteiger charge is 2.30. The summed E-state index contributed by atoms with van der Waals surface area (Å²) in [6.45, 7) is 0. The third kappa shape index (κ3) is 9.16. The third-order valence-electron chi connectivity index (χ3n) is 6.95. The van der Waals surface area contributed by atoms with Crippen molar-refractivity contribution in [2.24, 2.45) is 0 Å². The van der Waals surface area contributed by atoms with Gasteiger partial charge in [-0.25, -0.2) is 4.79 Å². The Bertz CT molecular complexity index is 1590. The van der Waals surface area contributed by atoms with Crippen molar-refractivity contribution in [2.75, 3.05) is 0 Å². The summed E-state index contributed by atoms with van der Waals surface area (Å²) in [7, 11) is 0. The van der Waals surface area contributed by atoms with Gasteiger partial charge in [0.05, 0.1) is 5.56 Å². The zero-order valence-electron chi connectivity index (χ0n) is 23.7. The minimum absolute atomic E-state index is 0.105. The van der Waals surface area contributed by atoms with Gasteiger partial charge in [-0.05, 0) is 71.9 Å². The van der Waals surface area contributed by atoms with Crippen LogP contribution >= 0.6 is 0 Å². The first kappa shape index (κ1) is 31.7. The number of carboxylic acids is 1. The summed E-state index contributed by atoms with van der Waals surface area (Å²) in [6.07, 6.45) is -1.01. The summed E-state index contributed by atoms with van der Waals surface area (Å²) >= 11 is 0. The molecule has 0 aliphatic heterocycles. The molecule has 4 aromatic rings. The summed E-state index contributed by atoms with van der Waals surface area (Å²) < 4.78 is 39.0. The molecule has 0 bridgehead atoms. The minimum Gasteiger partial charge on any atom is -0.480 e. The Hall–Kier alpha value is -5.18. The zero-order chi connectivity index (χ0) is 31.5. The predicted molar refractivity (Wildman–Crippen MR) is 162 cm³/mol. The molecule has 9 heteroatoms. The standard InChI is InChI=1S/C35H31F3N2O4/c36-35(37,38)29-21-19-28(20-22-29)32(41)40-31(23-25-15-17-27(18-16-25)26-12-5-2-6-13-26)33(42)39-30(34(43)44)14-8-7-11-24-9-3-1-4-10-24/h1-6,9-10,12-13,15-23,30H,7-8,11,14H2,(H,39,42)(H,40,41)(H,43,44)/b31-23+/t30-/m0/s1. The van der Waals surface area contributed by atoms with E-state index in [-0.39, 0.29) is 17.7 Å². The molecule has 4 rings (SSSR count). The Morgan fingerprint density at radius 3 is 1.93 bits per heavy atom. The Morgan fingerprint density at radius 1 is 0.750 bits per heavy atom. The van der Waals surface area contributed by atoms with Crippen LogP contribution in [-0.2, 0) is 22.2 Å². The topological polar surface area (TPSA) is 95.5 Å². The molecule has 6 nitrogen and oxygen atoms in total. The fourth-order valence-electron chi connectivity index (χ4n) is 4.55. The monoisotopic (exact) mass is 600 g/mol. The van der Waals surface area contributed by atoms with Crippen LogP contribution in [0.2, 0.25) is 0 Å². The first-order valence-electron chi connectivity index (χ1n) is 14.0. The number of benzene rings is 4. The second-order valence-electron chi connectivity index (χ2n) is 10.2. The fourth-order valence-corrected chi connectivity index (χ4v) is 4.55. The van der Waals surface area contributed by atoms with E-state index in [2.05, 4.69) is 10.6 Å². The Balaban J connectivity index is 1.52. The zero-order valence-corrected chi connectivity index (χ0v) is 23.7. The van der Waals surface area contributed by atoms with Crippen LogP contribution in [0.15, 0.2) is 115 Å². The van der Waals surface area contributed by atoms with Gasteiger partial charge < -0.3 is 15.7 Å². The van der Waals surface area contributed by atoms with Crippen molar-refractivity contribution >= 4 is 23.9 Å². The van der Waals surface area contributed by atoms with Crippen molar-refractivity contribution in [3.63, 3.8) is 0 Å². The summed E-state index contributed by atoms with van der Waals surface area (Å²) in [4.78, 5) is 38.3. The molecule has 0 unspecified atom stereocenters. The highest BCUT2D eigenvalue weighted by atomic mass is 19.4. The first-order chi connectivity index (χ1) is 21.1. The van der Waals surface area contributed by atoms with E-state index < -0.39 is 35.6 Å². The van der Waals surface area contributed by atoms with Crippen molar-refractivity contribution in [3.05, 3.63) is 137 Å². The van der Waals surface area contributed by atoms with Gasteiger partial charge in [-0.15, -0.1) is 0 Å². The van der Waals surface area contributed by atoms with Crippen LogP contribution in [0.5, 0.6) is 0 Å². The Labute approximate surface area is 253 Å². The summed E-state index contributed by atoms with van der Waals surface area (Å²) in [6, 6.07) is 28.8. The maximum Gasteiger partial charge on any atom is 0.416 e. The maximum absolute atomic E-state index is 13.4. The first-order valence-corrected chi connectivity index (χ1v) is 14.0. The van der Waals surface area contributed by atoms with Crippen LogP contribution in [0.3, 0.4) is 0 Å². The molecule has 226 valence electrons. The lowest BCUT2D eigenvalue weighted by molar-refractivity contribution is -0.141. The van der Waals surface area contributed by atoms with Crippen molar-refractivity contribution in [2.45, 2.75) is 37.9 Å². The molecular formula is C35H31F3N2O4. The van der Waals surface area contributed by atoms with Gasteiger partial charge in [0.2, 0.25) is 0 Å². The molecule has 0 aliphatic rings. The van der Waals surface area contributed by atoms with Gasteiger partial charge >= 0.3 is 12.1 Å². The maximum atomic E-state index is 13.4. The van der Waals surface area contributed by atoms with Gasteiger partial charge in [-0.2, -0.15) is 13.2 Å². The summed E-state index contributed by atoms with van der Waals surface area (Å²) in [5, 5.41) is 14.7. The Kier molecular flexibility index (Phi) is 10.7. The third-order valence-corrected chi connectivity index (χ3v) is 6.95. The average Bonchev–Trinajstić information content (AvgIpc) is 3.03. The molecule has 0 aromatic heterocycles. The highest BCUT2D eigenvalue weighted by molar-refractivity contribution is 6.06. The van der Waals surface area contributed by atoms with E-state index in [1.165, 1.54) is 6.08 Å². The van der Waals surface area contributed by atoms with Crippen molar-refractivity contribution in [1.82, 2.24) is 10.6 Å². The van der Waals surface area contributed by atoms with E-state index in [0.29, 0.717) is 18.4 Å². The number of carbonyl (C=O) groups is 3. The smallest absolute Gasteiger partial charge is 0.416 e. The van der Waals surface area contributed by atoms with E-state index in [9.17, 15) is 32.7 Å². The lowest BCUT2D eigenvalue weighted by Crippen LogP contribution is -2.44. The quantitative estimate of drug-likeness (QED) is 0.119. The van der Waals surface area contributed by atoms with Crippen molar-refractivity contribution in [3.8, 4) is 11.1 Å². The number of hydrogen-bond donors (Lipinski definition) is 3. The lowest BCUT2D eigenvalue weighted by Gasteiger charge is -2.17. The van der Waals surface area contributed by atoms with Crippen molar-refractivity contribution in [1.29, 1.82) is 0 Å². The molecule has 2 amide bonds. The number of aryl methyl sites for hydroxylation is 1. The molecule has 3 N–H and O–H groups in total. The molecule has 1 atom stereocenters. The van der Waals surface area contributed by atoms with Crippen LogP contribution < -0.4 is 10.6 Å². The van der Waals surface area contributed by atoms with Crippen LogP contribution in [0, 0.1) is 0 Å². The van der Waals surface area contributed by atoms with Gasteiger partial charge in [0.1, 0.15) is 11.7 Å². The second kappa shape index (κ2) is 14.8. The molecule has 0 heterocycles. The number of amides is 2. The van der Waals surface area contributed by atoms with E-state index in [4.69, 9.17) is 0 Å². The number of carbonyl (C=O) groups excluding carboxylic acids is 2. The number of nitrogens with one attached hydrogen (secondary N) is 2. The summed E-state index contributed by atoms with van der Waals surface area (Å²) in [5.74, 6) is -2.89. The molecule has 4 aromatic carbocycles. The molecule has 0 aliphatic carbocycles. The predicted octanol–water partition coefficient (Wildman–Crippen LogP) is 7.13. The van der Waals surface area contributed by atoms with E-state index in [1.807, 2.05) is 72.8 Å². The van der Waals surface area contributed by atoms with Gasteiger partial charge in [-0.1, -0.05) is 91.3 Å². The van der Waals surface area contributed by atoms with Crippen molar-refractivity contribution < 1.29 is 32.7 Å². The number of unbranched alkanes of at least 4 members (excludes halogenated alkanes) is 1. The van der Waals surface area contributed by atoms with Gasteiger partial charge in [-0.3, -0.25) is 9.59 Å². The molecule has 0 spiro atoms. The molecular weight excluding hydrogens is 569 g/mol. The van der Waals surface area contributed by atoms with Crippen LogP contribution in [0.1, 0.15) is 46.3 Å². The largest absolute Gasteiger partial charge is 0.480 e. The fraction of sp³-hybridized carbons (Fsp3) is 0.171. The molecule has 0 fully saturated rings. The van der Waals surface area contributed by atoms with E-state index in [0.717, 1.165) is 47.4 Å². The Morgan fingerprint density at radius 2 is 1.34 bits per heavy atom. The summed E-state index contributed by atoms with van der Waals surface area (Å²) in [5.41, 5.74) is 2.29. The van der Waals surface area contributed by atoms with E-state index >= 15 is 0 Å². The molecule has 0 radical (unpaired) electrons. The van der Waals surface area contributed by atoms with Gasteiger partial charge in [0.25, 0.3) is 11.8 Å².